The fourth-order valence-corrected chi connectivity index (χ4v) is 2.98. The van der Waals surface area contributed by atoms with Crippen LogP contribution in [-0.4, -0.2) is 30.8 Å². The summed E-state index contributed by atoms with van der Waals surface area (Å²) >= 11 is 3.68. The Balaban J connectivity index is 1.65. The van der Waals surface area contributed by atoms with Gasteiger partial charge in [-0.1, -0.05) is 15.9 Å². The number of hydrogen-bond donors (Lipinski definition) is 0. The van der Waals surface area contributed by atoms with Gasteiger partial charge in [0.05, 0.1) is 6.10 Å². The van der Waals surface area contributed by atoms with E-state index in [1.807, 2.05) is 0 Å². The van der Waals surface area contributed by atoms with Gasteiger partial charge in [-0.2, -0.15) is 0 Å². The minimum Gasteiger partial charge on any atom is -0.381 e. The Morgan fingerprint density at radius 1 is 1.14 bits per heavy atom. The van der Waals surface area contributed by atoms with Crippen molar-refractivity contribution in [2.75, 3.05) is 19.8 Å². The Morgan fingerprint density at radius 3 is 2.57 bits per heavy atom. The van der Waals surface area contributed by atoms with Gasteiger partial charge in [0.1, 0.15) is 0 Å². The van der Waals surface area contributed by atoms with Gasteiger partial charge >= 0.3 is 0 Å². The number of halogens is 1. The fraction of sp³-hybridized carbons (Fsp3) is 1.00. The molecule has 3 heteroatoms. The molecule has 1 heterocycles. The molecule has 0 aromatic rings. The normalized spacial score (nSPS) is 34.9. The summed E-state index contributed by atoms with van der Waals surface area (Å²) in [6, 6.07) is 0. The predicted molar refractivity (Wildman–Crippen MR) is 59.8 cm³/mol. The summed E-state index contributed by atoms with van der Waals surface area (Å²) in [7, 11) is 0. The molecule has 0 bridgehead atoms. The average molecular weight is 263 g/mol. The summed E-state index contributed by atoms with van der Waals surface area (Å²) in [5, 5.41) is 0. The third-order valence-electron chi connectivity index (χ3n) is 3.26. The van der Waals surface area contributed by atoms with Crippen molar-refractivity contribution < 1.29 is 9.47 Å². The van der Waals surface area contributed by atoms with Crippen LogP contribution in [0, 0.1) is 5.92 Å². The average Bonchev–Trinajstić information content (AvgIpc) is 2.63. The van der Waals surface area contributed by atoms with Crippen LogP contribution in [0.5, 0.6) is 0 Å². The Bertz CT molecular complexity index is 169. The van der Waals surface area contributed by atoms with E-state index in [2.05, 4.69) is 15.9 Å². The lowest BCUT2D eigenvalue weighted by Gasteiger charge is -2.24. The number of hydrogen-bond acceptors (Lipinski definition) is 2. The van der Waals surface area contributed by atoms with E-state index in [0.717, 1.165) is 25.7 Å². The third-order valence-corrected chi connectivity index (χ3v) is 4.31. The molecule has 0 radical (unpaired) electrons. The van der Waals surface area contributed by atoms with Crippen molar-refractivity contribution in [3.8, 4) is 0 Å². The van der Waals surface area contributed by atoms with Crippen molar-refractivity contribution >= 4 is 15.9 Å². The third kappa shape index (κ3) is 2.94. The topological polar surface area (TPSA) is 18.5 Å². The Hall–Kier alpha value is 0.400. The van der Waals surface area contributed by atoms with E-state index in [1.165, 1.54) is 32.1 Å². The molecule has 2 fully saturated rings. The Kier molecular flexibility index (Phi) is 4.26. The van der Waals surface area contributed by atoms with Crippen LogP contribution >= 0.6 is 15.9 Å². The Morgan fingerprint density at radius 2 is 1.93 bits per heavy atom. The molecule has 82 valence electrons. The molecule has 2 unspecified atom stereocenters. The molecular weight excluding hydrogens is 244 g/mol. The van der Waals surface area contributed by atoms with Gasteiger partial charge in [-0.15, -0.1) is 0 Å². The minimum absolute atomic E-state index is 0.470. The van der Waals surface area contributed by atoms with Crippen molar-refractivity contribution in [1.82, 2.24) is 0 Å². The first-order valence-electron chi connectivity index (χ1n) is 5.69. The lowest BCUT2D eigenvalue weighted by atomic mass is 10.0. The number of rotatable bonds is 3. The molecule has 2 aliphatic rings. The monoisotopic (exact) mass is 262 g/mol. The smallest absolute Gasteiger partial charge is 0.0700 e. The van der Waals surface area contributed by atoms with E-state index in [4.69, 9.17) is 9.47 Å². The summed E-state index contributed by atoms with van der Waals surface area (Å²) in [6.07, 6.45) is 6.66. The van der Waals surface area contributed by atoms with Crippen molar-refractivity contribution in [3.05, 3.63) is 0 Å². The second kappa shape index (κ2) is 5.47. The summed E-state index contributed by atoms with van der Waals surface area (Å²) in [5.74, 6) is 0.740. The van der Waals surface area contributed by atoms with Crippen LogP contribution in [0.2, 0.25) is 0 Å². The van der Waals surface area contributed by atoms with Gasteiger partial charge in [0.2, 0.25) is 0 Å². The maximum atomic E-state index is 5.95. The lowest BCUT2D eigenvalue weighted by molar-refractivity contribution is -0.00613. The van der Waals surface area contributed by atoms with Gasteiger partial charge in [0.15, 0.2) is 0 Å². The molecule has 0 aromatic carbocycles. The first-order chi connectivity index (χ1) is 6.86. The van der Waals surface area contributed by atoms with Crippen LogP contribution in [0.3, 0.4) is 0 Å². The van der Waals surface area contributed by atoms with Crippen LogP contribution in [0.25, 0.3) is 0 Å². The van der Waals surface area contributed by atoms with E-state index >= 15 is 0 Å². The van der Waals surface area contributed by atoms with Crippen LogP contribution in [0.1, 0.15) is 32.1 Å². The van der Waals surface area contributed by atoms with Crippen molar-refractivity contribution in [1.29, 1.82) is 0 Å². The number of ether oxygens (including phenoxy) is 2. The zero-order valence-corrected chi connectivity index (χ0v) is 10.2. The predicted octanol–water partition coefficient (Wildman–Crippen LogP) is 2.75. The lowest BCUT2D eigenvalue weighted by Crippen LogP contribution is -2.25. The highest BCUT2D eigenvalue weighted by atomic mass is 79.9. The Labute approximate surface area is 94.5 Å². The highest BCUT2D eigenvalue weighted by Gasteiger charge is 2.26. The molecule has 2 rings (SSSR count). The van der Waals surface area contributed by atoms with Gasteiger partial charge in [-0.05, 0) is 38.0 Å². The molecule has 1 aliphatic heterocycles. The zero-order chi connectivity index (χ0) is 9.80. The molecule has 1 saturated carbocycles. The first kappa shape index (κ1) is 10.9. The van der Waals surface area contributed by atoms with Crippen molar-refractivity contribution in [3.63, 3.8) is 0 Å². The molecule has 0 spiro atoms. The van der Waals surface area contributed by atoms with Crippen LogP contribution < -0.4 is 0 Å². The number of alkyl halides is 1. The van der Waals surface area contributed by atoms with Crippen molar-refractivity contribution in [2.24, 2.45) is 5.92 Å². The molecule has 2 nitrogen and oxygen atoms in total. The van der Waals surface area contributed by atoms with E-state index in [0.29, 0.717) is 10.9 Å². The van der Waals surface area contributed by atoms with Gasteiger partial charge in [-0.3, -0.25) is 0 Å². The van der Waals surface area contributed by atoms with Gasteiger partial charge in [0, 0.05) is 24.6 Å². The first-order valence-corrected chi connectivity index (χ1v) is 6.61. The van der Waals surface area contributed by atoms with E-state index in [1.54, 1.807) is 0 Å². The SMILES string of the molecule is BrC1CCCC1OCC1CCOCC1. The molecule has 2 atom stereocenters. The summed E-state index contributed by atoms with van der Waals surface area (Å²) in [5.41, 5.74) is 0. The fourth-order valence-electron chi connectivity index (χ4n) is 2.24. The maximum absolute atomic E-state index is 5.95. The van der Waals surface area contributed by atoms with E-state index in [-0.39, 0.29) is 0 Å². The van der Waals surface area contributed by atoms with Gasteiger partial charge in [0.25, 0.3) is 0 Å². The van der Waals surface area contributed by atoms with E-state index in [9.17, 15) is 0 Å². The van der Waals surface area contributed by atoms with E-state index < -0.39 is 0 Å². The second-order valence-electron chi connectivity index (χ2n) is 4.37. The summed E-state index contributed by atoms with van der Waals surface area (Å²) < 4.78 is 11.3. The van der Waals surface area contributed by atoms with Gasteiger partial charge in [-0.25, -0.2) is 0 Å². The second-order valence-corrected chi connectivity index (χ2v) is 5.55. The summed E-state index contributed by atoms with van der Waals surface area (Å²) in [6.45, 7) is 2.79. The largest absolute Gasteiger partial charge is 0.381 e. The molecule has 0 amide bonds. The minimum atomic E-state index is 0.470. The summed E-state index contributed by atoms with van der Waals surface area (Å²) in [4.78, 5) is 0.599. The molecule has 0 N–H and O–H groups in total. The molecule has 0 aromatic heterocycles. The van der Waals surface area contributed by atoms with Crippen molar-refractivity contribution in [2.45, 2.75) is 43.0 Å². The maximum Gasteiger partial charge on any atom is 0.0700 e. The standard InChI is InChI=1S/C11H19BrO2/c12-10-2-1-3-11(10)14-8-9-4-6-13-7-5-9/h9-11H,1-8H2. The van der Waals surface area contributed by atoms with Gasteiger partial charge < -0.3 is 9.47 Å². The van der Waals surface area contributed by atoms with Crippen LogP contribution in [0.4, 0.5) is 0 Å². The molecule has 14 heavy (non-hydrogen) atoms. The zero-order valence-electron chi connectivity index (χ0n) is 8.58. The highest BCUT2D eigenvalue weighted by molar-refractivity contribution is 9.09. The molecule has 1 aliphatic carbocycles. The molecule has 1 saturated heterocycles. The van der Waals surface area contributed by atoms with Crippen LogP contribution in [-0.2, 0) is 9.47 Å². The quantitative estimate of drug-likeness (QED) is 0.729. The molecular formula is C11H19BrO2. The van der Waals surface area contributed by atoms with Crippen LogP contribution in [0.15, 0.2) is 0 Å². The highest BCUT2D eigenvalue weighted by Crippen LogP contribution is 2.29.